The van der Waals surface area contributed by atoms with Gasteiger partial charge in [-0.3, -0.25) is 0 Å². The largest absolute Gasteiger partial charge is 0.398 e. The Morgan fingerprint density at radius 1 is 1.56 bits per heavy atom. The number of anilines is 2. The second-order valence-corrected chi connectivity index (χ2v) is 3.49. The Hall–Kier alpha value is -2.47. The lowest BCUT2D eigenvalue weighted by atomic mass is 10.0. The number of alkyl halides is 1. The molecule has 0 bridgehead atoms. The molecule has 18 heavy (non-hydrogen) atoms. The maximum atomic E-state index is 12.2. The molecule has 2 nitrogen and oxygen atoms in total. The normalized spacial score (nSPS) is 11.2. The molecule has 0 unspecified atom stereocenters. The fourth-order valence-corrected chi connectivity index (χ4v) is 1.50. The number of rotatable bonds is 5. The van der Waals surface area contributed by atoms with E-state index in [9.17, 15) is 4.39 Å². The van der Waals surface area contributed by atoms with Gasteiger partial charge >= 0.3 is 0 Å². The van der Waals surface area contributed by atoms with Crippen molar-refractivity contribution in [2.24, 2.45) is 0 Å². The summed E-state index contributed by atoms with van der Waals surface area (Å²) in [6.45, 7) is 3.10. The fraction of sp³-hybridized carbons (Fsp3) is 0.0667. The van der Waals surface area contributed by atoms with Gasteiger partial charge in [0.2, 0.25) is 0 Å². The molecule has 0 aliphatic rings. The summed E-state index contributed by atoms with van der Waals surface area (Å²) < 4.78 is 12.2. The van der Waals surface area contributed by atoms with Gasteiger partial charge in [0, 0.05) is 23.0 Å². The lowest BCUT2D eigenvalue weighted by Crippen LogP contribution is -1.95. The summed E-state index contributed by atoms with van der Waals surface area (Å²) in [6.07, 6.45) is 11.6. The van der Waals surface area contributed by atoms with Crippen LogP contribution in [0.15, 0.2) is 49.1 Å². The van der Waals surface area contributed by atoms with Crippen LogP contribution in [0, 0.1) is 12.5 Å². The van der Waals surface area contributed by atoms with Crippen LogP contribution in [0.3, 0.4) is 0 Å². The summed E-state index contributed by atoms with van der Waals surface area (Å²) in [5.74, 6) is 0. The molecule has 0 atom stereocenters. The Labute approximate surface area is 107 Å². The molecule has 0 radical (unpaired) electrons. The van der Waals surface area contributed by atoms with Crippen LogP contribution in [0.25, 0.3) is 5.57 Å². The number of nitrogen functional groups attached to an aromatic ring is 1. The summed E-state index contributed by atoms with van der Waals surface area (Å²) in [6, 6.07) is 7.68. The maximum absolute atomic E-state index is 12.2. The van der Waals surface area contributed by atoms with Crippen molar-refractivity contribution >= 4 is 16.9 Å². The molecule has 0 heterocycles. The van der Waals surface area contributed by atoms with Crippen LogP contribution in [0.5, 0.6) is 0 Å². The summed E-state index contributed by atoms with van der Waals surface area (Å²) in [7, 11) is 0. The molecule has 0 aromatic heterocycles. The zero-order valence-corrected chi connectivity index (χ0v) is 9.99. The van der Waals surface area contributed by atoms with Gasteiger partial charge in [0.15, 0.2) is 0 Å². The standard InChI is InChI=1S/C15H15FN2/c1-3-6-12(7-5-10-16)14-11-13(18-4-2)8-9-15(14)17/h2-3,5-9,11,18H,1,10,17H2/b7-5-,12-6+. The molecule has 0 aliphatic heterocycles. The van der Waals surface area contributed by atoms with Crippen LogP contribution < -0.4 is 11.1 Å². The predicted octanol–water partition coefficient (Wildman–Crippen LogP) is 3.37. The van der Waals surface area contributed by atoms with Crippen molar-refractivity contribution in [2.45, 2.75) is 0 Å². The third kappa shape index (κ3) is 3.53. The number of benzene rings is 1. The van der Waals surface area contributed by atoms with Crippen molar-refractivity contribution in [1.82, 2.24) is 0 Å². The molecule has 92 valence electrons. The number of halogens is 1. The third-order valence-corrected chi connectivity index (χ3v) is 2.26. The van der Waals surface area contributed by atoms with E-state index in [1.165, 1.54) is 6.08 Å². The highest BCUT2D eigenvalue weighted by Crippen LogP contribution is 2.26. The minimum absolute atomic E-state index is 0.531. The van der Waals surface area contributed by atoms with Gasteiger partial charge in [-0.15, -0.1) is 0 Å². The molecule has 0 amide bonds. The van der Waals surface area contributed by atoms with Crippen molar-refractivity contribution in [3.63, 3.8) is 0 Å². The topological polar surface area (TPSA) is 38.0 Å². The fourth-order valence-electron chi connectivity index (χ4n) is 1.50. The van der Waals surface area contributed by atoms with Crippen LogP contribution in [0.1, 0.15) is 5.56 Å². The van der Waals surface area contributed by atoms with Crippen LogP contribution in [0.4, 0.5) is 15.8 Å². The van der Waals surface area contributed by atoms with Crippen molar-refractivity contribution in [1.29, 1.82) is 0 Å². The van der Waals surface area contributed by atoms with Crippen LogP contribution >= 0.6 is 0 Å². The third-order valence-electron chi connectivity index (χ3n) is 2.26. The monoisotopic (exact) mass is 242 g/mol. The molecule has 0 aliphatic carbocycles. The lowest BCUT2D eigenvalue weighted by molar-refractivity contribution is 0.562. The molecule has 0 saturated heterocycles. The van der Waals surface area contributed by atoms with Gasteiger partial charge in [0.25, 0.3) is 0 Å². The minimum Gasteiger partial charge on any atom is -0.398 e. The minimum atomic E-state index is -0.531. The molecule has 0 saturated carbocycles. The van der Waals surface area contributed by atoms with Gasteiger partial charge in [0.1, 0.15) is 6.67 Å². The molecule has 0 fully saturated rings. The SMILES string of the molecule is C#CNc1ccc(N)c(C(/C=C\CF)=C/C=C)c1. The molecule has 0 spiro atoms. The van der Waals surface area contributed by atoms with Gasteiger partial charge in [-0.25, -0.2) is 4.39 Å². The first kappa shape index (κ1) is 13.6. The van der Waals surface area contributed by atoms with Crippen LogP contribution in [0.2, 0.25) is 0 Å². The second-order valence-electron chi connectivity index (χ2n) is 3.49. The number of nitrogens with two attached hydrogens (primary N) is 1. The molecule has 3 N–H and O–H groups in total. The summed E-state index contributed by atoms with van der Waals surface area (Å²) in [5, 5.41) is 2.75. The molecular formula is C15H15FN2. The smallest absolute Gasteiger partial charge is 0.108 e. The highest BCUT2D eigenvalue weighted by atomic mass is 19.1. The van der Waals surface area contributed by atoms with Gasteiger partial charge < -0.3 is 11.1 Å². The van der Waals surface area contributed by atoms with Crippen molar-refractivity contribution in [2.75, 3.05) is 17.7 Å². The molecular weight excluding hydrogens is 227 g/mol. The van der Waals surface area contributed by atoms with Gasteiger partial charge in [-0.2, -0.15) is 0 Å². The Bertz CT molecular complexity index is 522. The Kier molecular flexibility index (Phi) is 5.27. The van der Waals surface area contributed by atoms with E-state index in [0.717, 1.165) is 16.8 Å². The maximum Gasteiger partial charge on any atom is 0.108 e. The van der Waals surface area contributed by atoms with Crippen molar-refractivity contribution in [3.05, 3.63) is 54.6 Å². The first-order valence-electron chi connectivity index (χ1n) is 5.39. The van der Waals surface area contributed by atoms with E-state index in [4.69, 9.17) is 12.2 Å². The Balaban J connectivity index is 3.23. The van der Waals surface area contributed by atoms with E-state index in [-0.39, 0.29) is 0 Å². The van der Waals surface area contributed by atoms with E-state index in [1.54, 1.807) is 30.4 Å². The average molecular weight is 242 g/mol. The van der Waals surface area contributed by atoms with E-state index in [2.05, 4.69) is 17.9 Å². The molecule has 1 aromatic carbocycles. The van der Waals surface area contributed by atoms with Crippen molar-refractivity contribution < 1.29 is 4.39 Å². The molecule has 1 aromatic rings. The van der Waals surface area contributed by atoms with Crippen LogP contribution in [-0.4, -0.2) is 6.67 Å². The summed E-state index contributed by atoms with van der Waals surface area (Å²) >= 11 is 0. The molecule has 1 rings (SSSR count). The van der Waals surface area contributed by atoms with Gasteiger partial charge in [-0.05, 0) is 23.8 Å². The highest BCUT2D eigenvalue weighted by molar-refractivity contribution is 5.84. The second kappa shape index (κ2) is 6.97. The van der Waals surface area contributed by atoms with Gasteiger partial charge in [0.05, 0.1) is 0 Å². The average Bonchev–Trinajstić information content (AvgIpc) is 2.37. The van der Waals surface area contributed by atoms with Crippen LogP contribution in [-0.2, 0) is 0 Å². The summed E-state index contributed by atoms with van der Waals surface area (Å²) in [5.41, 5.74) is 8.81. The highest BCUT2D eigenvalue weighted by Gasteiger charge is 2.04. The molecule has 3 heteroatoms. The Morgan fingerprint density at radius 2 is 2.33 bits per heavy atom. The van der Waals surface area contributed by atoms with E-state index >= 15 is 0 Å². The van der Waals surface area contributed by atoms with Crippen molar-refractivity contribution in [3.8, 4) is 12.5 Å². The first-order valence-corrected chi connectivity index (χ1v) is 5.39. The Morgan fingerprint density at radius 3 is 2.94 bits per heavy atom. The number of hydrogen-bond acceptors (Lipinski definition) is 2. The predicted molar refractivity (Wildman–Crippen MR) is 76.6 cm³/mol. The number of allylic oxidation sites excluding steroid dienone is 5. The van der Waals surface area contributed by atoms with E-state index in [1.807, 2.05) is 6.07 Å². The lowest BCUT2D eigenvalue weighted by Gasteiger charge is -2.09. The number of terminal acetylenes is 1. The van der Waals surface area contributed by atoms with E-state index < -0.39 is 6.67 Å². The number of hydrogen-bond donors (Lipinski definition) is 2. The first-order chi connectivity index (χ1) is 8.72. The quantitative estimate of drug-likeness (QED) is 0.359. The number of nitrogens with one attached hydrogen (secondary N) is 1. The zero-order chi connectivity index (χ0) is 13.4. The van der Waals surface area contributed by atoms with Gasteiger partial charge in [-0.1, -0.05) is 37.3 Å². The zero-order valence-electron chi connectivity index (χ0n) is 9.99. The summed E-state index contributed by atoms with van der Waals surface area (Å²) in [4.78, 5) is 0. The van der Waals surface area contributed by atoms with E-state index in [0.29, 0.717) is 5.69 Å².